The molecule has 1 aromatic carbocycles. The van der Waals surface area contributed by atoms with Crippen LogP contribution in [0.5, 0.6) is 0 Å². The Kier molecular flexibility index (Phi) is 2.16. The van der Waals surface area contributed by atoms with E-state index in [9.17, 15) is 0 Å². The quantitative estimate of drug-likeness (QED) is 0.542. The van der Waals surface area contributed by atoms with Crippen molar-refractivity contribution < 1.29 is 0 Å². The van der Waals surface area contributed by atoms with E-state index in [1.807, 2.05) is 23.0 Å². The van der Waals surface area contributed by atoms with Crippen LogP contribution in [-0.4, -0.2) is 24.3 Å². The summed E-state index contributed by atoms with van der Waals surface area (Å²) in [5.74, 6) is 2.53. The Balaban J connectivity index is 1.89. The zero-order valence-electron chi connectivity index (χ0n) is 11.2. The highest BCUT2D eigenvalue weighted by atomic mass is 35.5. The first kappa shape index (κ1) is 11.5. The van der Waals surface area contributed by atoms with Crippen molar-refractivity contribution in [1.29, 1.82) is 0 Å². The molecule has 6 heteroatoms. The number of nitrogens with zero attached hydrogens (tertiary/aromatic N) is 5. The van der Waals surface area contributed by atoms with Crippen molar-refractivity contribution in [1.82, 2.24) is 24.3 Å². The molecule has 5 rings (SSSR count). The number of halogens is 1. The first-order chi connectivity index (χ1) is 10.3. The van der Waals surface area contributed by atoms with Crippen LogP contribution >= 0.6 is 11.6 Å². The van der Waals surface area contributed by atoms with E-state index in [2.05, 4.69) is 25.7 Å². The van der Waals surface area contributed by atoms with Crippen molar-refractivity contribution in [3.05, 3.63) is 47.3 Å². The molecule has 1 aliphatic heterocycles. The van der Waals surface area contributed by atoms with Crippen LogP contribution in [0.1, 0.15) is 30.3 Å². The van der Waals surface area contributed by atoms with Gasteiger partial charge in [0, 0.05) is 5.92 Å². The Morgan fingerprint density at radius 1 is 1.19 bits per heavy atom. The summed E-state index contributed by atoms with van der Waals surface area (Å²) in [6.45, 7) is 0.667. The zero-order valence-corrected chi connectivity index (χ0v) is 12.0. The van der Waals surface area contributed by atoms with Gasteiger partial charge in [0.15, 0.2) is 5.82 Å². The van der Waals surface area contributed by atoms with Gasteiger partial charge in [0.2, 0.25) is 0 Å². The summed E-state index contributed by atoms with van der Waals surface area (Å²) in [4.78, 5) is 9.05. The van der Waals surface area contributed by atoms with Gasteiger partial charge in [-0.05, 0) is 25.0 Å². The average Bonchev–Trinajstić information content (AvgIpc) is 3.13. The van der Waals surface area contributed by atoms with E-state index in [-0.39, 0.29) is 0 Å². The van der Waals surface area contributed by atoms with Gasteiger partial charge in [-0.3, -0.25) is 4.57 Å². The number of aromatic nitrogens is 5. The van der Waals surface area contributed by atoms with Gasteiger partial charge in [0.05, 0.1) is 34.7 Å². The summed E-state index contributed by atoms with van der Waals surface area (Å²) in [7, 11) is 0. The smallest absolute Gasteiger partial charge is 0.162 e. The summed E-state index contributed by atoms with van der Waals surface area (Å²) in [6, 6.07) is 5.97. The topological polar surface area (TPSA) is 48.5 Å². The number of imidazole rings is 1. The maximum absolute atomic E-state index is 6.47. The van der Waals surface area contributed by atoms with Crippen molar-refractivity contribution in [3.63, 3.8) is 0 Å². The molecule has 0 saturated heterocycles. The van der Waals surface area contributed by atoms with Crippen LogP contribution < -0.4 is 0 Å². The molecular weight excluding hydrogens is 286 g/mol. The fraction of sp³-hybridized carbons (Fsp3) is 0.267. The Hall–Kier alpha value is -2.14. The highest BCUT2D eigenvalue weighted by molar-refractivity contribution is 6.33. The van der Waals surface area contributed by atoms with Gasteiger partial charge >= 0.3 is 0 Å². The molecule has 0 radical (unpaired) electrons. The minimum Gasteiger partial charge on any atom is -0.298 e. The first-order valence-corrected chi connectivity index (χ1v) is 7.44. The molecule has 0 unspecified atom stereocenters. The second-order valence-electron chi connectivity index (χ2n) is 5.59. The highest BCUT2D eigenvalue weighted by Crippen LogP contribution is 2.43. The van der Waals surface area contributed by atoms with Crippen molar-refractivity contribution >= 4 is 11.6 Å². The largest absolute Gasteiger partial charge is 0.298 e. The van der Waals surface area contributed by atoms with Crippen molar-refractivity contribution in [2.75, 3.05) is 0 Å². The second-order valence-corrected chi connectivity index (χ2v) is 6.00. The Morgan fingerprint density at radius 3 is 2.95 bits per heavy atom. The molecule has 1 saturated carbocycles. The lowest BCUT2D eigenvalue weighted by Gasteiger charge is -2.12. The lowest BCUT2D eigenvalue weighted by atomic mass is 10.1. The maximum atomic E-state index is 6.47. The van der Waals surface area contributed by atoms with Crippen molar-refractivity contribution in [2.45, 2.75) is 25.3 Å². The van der Waals surface area contributed by atoms with Crippen molar-refractivity contribution in [3.8, 4) is 17.1 Å². The fourth-order valence-corrected chi connectivity index (χ4v) is 3.32. The molecule has 0 atom stereocenters. The standard InChI is InChI=1S/C15H12ClN5/c16-11-2-1-3-12-13(11)15-18-8-19-20(15)7-10-6-17-14(21(10)12)9-4-5-9/h1-3,6,8-9H,4-5,7H2. The first-order valence-electron chi connectivity index (χ1n) is 7.06. The Morgan fingerprint density at radius 2 is 2.10 bits per heavy atom. The summed E-state index contributed by atoms with van der Waals surface area (Å²) < 4.78 is 4.14. The van der Waals surface area contributed by atoms with Gasteiger partial charge in [-0.15, -0.1) is 0 Å². The highest BCUT2D eigenvalue weighted by Gasteiger charge is 2.32. The van der Waals surface area contributed by atoms with Gasteiger partial charge < -0.3 is 0 Å². The number of hydrogen-bond acceptors (Lipinski definition) is 3. The molecule has 21 heavy (non-hydrogen) atoms. The monoisotopic (exact) mass is 297 g/mol. The summed E-state index contributed by atoms with van der Waals surface area (Å²) >= 11 is 6.47. The van der Waals surface area contributed by atoms with E-state index in [4.69, 9.17) is 11.6 Å². The Bertz CT molecular complexity index is 859. The van der Waals surface area contributed by atoms with Crippen LogP contribution in [-0.2, 0) is 6.54 Å². The molecule has 3 aromatic rings. The average molecular weight is 298 g/mol. The second kappa shape index (κ2) is 3.95. The third kappa shape index (κ3) is 1.55. The van der Waals surface area contributed by atoms with Crippen LogP contribution in [0.3, 0.4) is 0 Å². The molecule has 2 aliphatic rings. The SMILES string of the molecule is Clc1cccc2c1-c1ncnn1Cc1cnc(C3CC3)n1-2. The molecule has 0 N–H and O–H groups in total. The van der Waals surface area contributed by atoms with Gasteiger partial charge in [-0.25, -0.2) is 14.6 Å². The third-order valence-electron chi connectivity index (χ3n) is 4.19. The maximum Gasteiger partial charge on any atom is 0.162 e. The normalized spacial score (nSPS) is 16.0. The zero-order chi connectivity index (χ0) is 14.0. The summed E-state index contributed by atoms with van der Waals surface area (Å²) in [5, 5.41) is 5.03. The molecule has 2 aromatic heterocycles. The van der Waals surface area contributed by atoms with Gasteiger partial charge in [-0.2, -0.15) is 5.10 Å². The lowest BCUT2D eigenvalue weighted by molar-refractivity contribution is 0.673. The summed E-state index contributed by atoms with van der Waals surface area (Å²) in [6.07, 6.45) is 5.97. The molecule has 0 bridgehead atoms. The number of fused-ring (bicyclic) bond motifs is 5. The minimum atomic E-state index is 0.573. The van der Waals surface area contributed by atoms with Crippen LogP contribution in [0.15, 0.2) is 30.7 Å². The molecule has 3 heterocycles. The predicted octanol–water partition coefficient (Wildman–Crippen LogP) is 3.02. The van der Waals surface area contributed by atoms with Crippen LogP contribution in [0.2, 0.25) is 5.02 Å². The molecule has 1 fully saturated rings. The number of hydrogen-bond donors (Lipinski definition) is 0. The molecule has 0 amide bonds. The van der Waals surface area contributed by atoms with Crippen LogP contribution in [0.25, 0.3) is 17.1 Å². The van der Waals surface area contributed by atoms with E-state index >= 15 is 0 Å². The molecule has 0 spiro atoms. The van der Waals surface area contributed by atoms with Gasteiger partial charge in [0.25, 0.3) is 0 Å². The minimum absolute atomic E-state index is 0.573. The van der Waals surface area contributed by atoms with Gasteiger partial charge in [-0.1, -0.05) is 17.7 Å². The molecule has 5 nitrogen and oxygen atoms in total. The van der Waals surface area contributed by atoms with E-state index in [0.717, 1.165) is 28.6 Å². The summed E-state index contributed by atoms with van der Waals surface area (Å²) in [5.41, 5.74) is 3.13. The van der Waals surface area contributed by atoms with Crippen LogP contribution in [0, 0.1) is 0 Å². The Labute approximate surface area is 126 Å². The predicted molar refractivity (Wildman–Crippen MR) is 78.7 cm³/mol. The lowest BCUT2D eigenvalue weighted by Crippen LogP contribution is -2.06. The van der Waals surface area contributed by atoms with E-state index in [0.29, 0.717) is 17.5 Å². The van der Waals surface area contributed by atoms with E-state index in [1.54, 1.807) is 6.33 Å². The van der Waals surface area contributed by atoms with E-state index < -0.39 is 0 Å². The van der Waals surface area contributed by atoms with Crippen LogP contribution in [0.4, 0.5) is 0 Å². The molecular formula is C15H12ClN5. The van der Waals surface area contributed by atoms with E-state index in [1.165, 1.54) is 12.8 Å². The third-order valence-corrected chi connectivity index (χ3v) is 4.50. The van der Waals surface area contributed by atoms with Gasteiger partial charge in [0.1, 0.15) is 12.2 Å². The van der Waals surface area contributed by atoms with Crippen molar-refractivity contribution in [2.24, 2.45) is 0 Å². The molecule has 104 valence electrons. The number of rotatable bonds is 1. The fourth-order valence-electron chi connectivity index (χ4n) is 3.07. The molecule has 1 aliphatic carbocycles. The number of benzene rings is 1.